The quantitative estimate of drug-likeness (QED) is 0.513. The summed E-state index contributed by atoms with van der Waals surface area (Å²) < 4.78 is 16.2. The van der Waals surface area contributed by atoms with E-state index in [9.17, 15) is 0 Å². The molecule has 3 rings (SSSR count). The lowest BCUT2D eigenvalue weighted by Gasteiger charge is -2.22. The van der Waals surface area contributed by atoms with E-state index in [4.69, 9.17) is 19.2 Å². The molecule has 0 radical (unpaired) electrons. The molecule has 1 saturated heterocycles. The Morgan fingerprint density at radius 3 is 2.53 bits per heavy atom. The maximum atomic E-state index is 5.52. The summed E-state index contributed by atoms with van der Waals surface area (Å²) in [6, 6.07) is 14.4. The van der Waals surface area contributed by atoms with Gasteiger partial charge in [-0.15, -0.1) is 0 Å². The van der Waals surface area contributed by atoms with Crippen LogP contribution in [0.2, 0.25) is 0 Å². The molecule has 1 atom stereocenters. The zero-order chi connectivity index (χ0) is 21.3. The number of rotatable bonds is 8. The lowest BCUT2D eigenvalue weighted by Crippen LogP contribution is -2.44. The highest BCUT2D eigenvalue weighted by Gasteiger charge is 2.25. The maximum absolute atomic E-state index is 5.52. The van der Waals surface area contributed by atoms with Crippen molar-refractivity contribution >= 4 is 11.6 Å². The second-order valence-electron chi connectivity index (χ2n) is 7.13. The third kappa shape index (κ3) is 5.28. The van der Waals surface area contributed by atoms with E-state index in [1.54, 1.807) is 21.3 Å². The fraction of sp³-hybridized carbons (Fsp3) is 0.435. The molecule has 0 spiro atoms. The van der Waals surface area contributed by atoms with Crippen LogP contribution in [0.3, 0.4) is 0 Å². The van der Waals surface area contributed by atoms with Crippen LogP contribution >= 0.6 is 0 Å². The van der Waals surface area contributed by atoms with E-state index in [0.29, 0.717) is 18.3 Å². The van der Waals surface area contributed by atoms with Gasteiger partial charge >= 0.3 is 0 Å². The van der Waals surface area contributed by atoms with Crippen LogP contribution in [0, 0.1) is 0 Å². The molecular weight excluding hydrogens is 380 g/mol. The van der Waals surface area contributed by atoms with Crippen LogP contribution in [0.4, 0.5) is 5.69 Å². The minimum absolute atomic E-state index is 0.318. The zero-order valence-corrected chi connectivity index (χ0v) is 18.3. The van der Waals surface area contributed by atoms with Crippen molar-refractivity contribution in [3.8, 4) is 17.2 Å². The third-order valence-electron chi connectivity index (χ3n) is 5.17. The molecule has 0 bridgehead atoms. The number of guanidine groups is 1. The van der Waals surface area contributed by atoms with Crippen molar-refractivity contribution in [1.82, 2.24) is 10.6 Å². The highest BCUT2D eigenvalue weighted by molar-refractivity contribution is 5.80. The fourth-order valence-corrected chi connectivity index (χ4v) is 3.65. The molecule has 1 fully saturated rings. The first-order chi connectivity index (χ1) is 14.7. The van der Waals surface area contributed by atoms with E-state index < -0.39 is 0 Å². The Morgan fingerprint density at radius 1 is 1.03 bits per heavy atom. The SMILES string of the molecule is CCNC(=NCc1ccc(OC)c(OC)c1)NC1CCN(c2ccccc2OC)C1. The molecule has 0 aliphatic carbocycles. The Balaban J connectivity index is 1.64. The number of benzene rings is 2. The van der Waals surface area contributed by atoms with Gasteiger partial charge in [0.15, 0.2) is 17.5 Å². The zero-order valence-electron chi connectivity index (χ0n) is 18.3. The summed E-state index contributed by atoms with van der Waals surface area (Å²) in [7, 11) is 5.00. The number of aliphatic imine (C=N–C) groups is 1. The Morgan fingerprint density at radius 2 is 1.80 bits per heavy atom. The van der Waals surface area contributed by atoms with Crippen LogP contribution in [0.1, 0.15) is 18.9 Å². The molecule has 2 aromatic carbocycles. The molecule has 2 N–H and O–H groups in total. The van der Waals surface area contributed by atoms with Crippen LogP contribution in [0.15, 0.2) is 47.5 Å². The smallest absolute Gasteiger partial charge is 0.191 e. The lowest BCUT2D eigenvalue weighted by molar-refractivity contribution is 0.354. The summed E-state index contributed by atoms with van der Waals surface area (Å²) >= 11 is 0. The van der Waals surface area contributed by atoms with Crippen molar-refractivity contribution in [2.75, 3.05) is 45.9 Å². The molecule has 1 heterocycles. The Bertz CT molecular complexity index is 856. The number of methoxy groups -OCH3 is 3. The molecule has 7 heteroatoms. The number of nitrogens with one attached hydrogen (secondary N) is 2. The molecule has 0 aromatic heterocycles. The minimum Gasteiger partial charge on any atom is -0.495 e. The Kier molecular flexibility index (Phi) is 7.65. The van der Waals surface area contributed by atoms with Gasteiger partial charge in [-0.05, 0) is 43.2 Å². The van der Waals surface area contributed by atoms with Gasteiger partial charge in [-0.3, -0.25) is 0 Å². The fourth-order valence-electron chi connectivity index (χ4n) is 3.65. The number of anilines is 1. The average molecular weight is 413 g/mol. The van der Waals surface area contributed by atoms with Gasteiger partial charge < -0.3 is 29.7 Å². The molecule has 30 heavy (non-hydrogen) atoms. The first kappa shape index (κ1) is 21.6. The van der Waals surface area contributed by atoms with E-state index >= 15 is 0 Å². The highest BCUT2D eigenvalue weighted by atomic mass is 16.5. The first-order valence-electron chi connectivity index (χ1n) is 10.3. The molecule has 1 unspecified atom stereocenters. The molecule has 0 amide bonds. The van der Waals surface area contributed by atoms with Crippen molar-refractivity contribution in [3.05, 3.63) is 48.0 Å². The molecule has 162 valence electrons. The highest BCUT2D eigenvalue weighted by Crippen LogP contribution is 2.30. The van der Waals surface area contributed by atoms with Crippen LogP contribution < -0.4 is 29.7 Å². The molecule has 2 aromatic rings. The van der Waals surface area contributed by atoms with E-state index in [1.807, 2.05) is 36.4 Å². The van der Waals surface area contributed by atoms with Gasteiger partial charge in [0.05, 0.1) is 33.6 Å². The van der Waals surface area contributed by atoms with Crippen LogP contribution in [-0.4, -0.2) is 53.0 Å². The lowest BCUT2D eigenvalue weighted by atomic mass is 10.2. The predicted octanol–water partition coefficient (Wildman–Crippen LogP) is 3.05. The van der Waals surface area contributed by atoms with E-state index in [2.05, 4.69) is 28.5 Å². The summed E-state index contributed by atoms with van der Waals surface area (Å²) in [5.74, 6) is 3.16. The van der Waals surface area contributed by atoms with Crippen LogP contribution in [0.25, 0.3) is 0 Å². The average Bonchev–Trinajstić information content (AvgIpc) is 3.25. The summed E-state index contributed by atoms with van der Waals surface area (Å²) in [6.07, 6.45) is 1.04. The van der Waals surface area contributed by atoms with Gasteiger partial charge in [0, 0.05) is 25.7 Å². The molecule has 1 aliphatic rings. The number of ether oxygens (including phenoxy) is 3. The number of hydrogen-bond acceptors (Lipinski definition) is 5. The molecule has 7 nitrogen and oxygen atoms in total. The first-order valence-corrected chi connectivity index (χ1v) is 10.3. The second kappa shape index (κ2) is 10.6. The van der Waals surface area contributed by atoms with Crippen LogP contribution in [-0.2, 0) is 6.54 Å². The third-order valence-corrected chi connectivity index (χ3v) is 5.17. The normalized spacial score (nSPS) is 16.3. The largest absolute Gasteiger partial charge is 0.495 e. The van der Waals surface area contributed by atoms with Crippen molar-refractivity contribution in [2.45, 2.75) is 25.9 Å². The van der Waals surface area contributed by atoms with Gasteiger partial charge in [0.25, 0.3) is 0 Å². The second-order valence-corrected chi connectivity index (χ2v) is 7.13. The number of hydrogen-bond donors (Lipinski definition) is 2. The van der Waals surface area contributed by atoms with Crippen molar-refractivity contribution in [1.29, 1.82) is 0 Å². The summed E-state index contributed by atoms with van der Waals surface area (Å²) in [4.78, 5) is 7.12. The van der Waals surface area contributed by atoms with Gasteiger partial charge in [-0.1, -0.05) is 18.2 Å². The van der Waals surface area contributed by atoms with Crippen LogP contribution in [0.5, 0.6) is 17.2 Å². The molecular formula is C23H32N4O3. The number of para-hydroxylation sites is 2. The number of nitrogens with zero attached hydrogens (tertiary/aromatic N) is 2. The minimum atomic E-state index is 0.318. The monoisotopic (exact) mass is 412 g/mol. The Labute approximate surface area is 179 Å². The summed E-state index contributed by atoms with van der Waals surface area (Å²) in [6.45, 7) is 5.32. The van der Waals surface area contributed by atoms with Gasteiger partial charge in [0.2, 0.25) is 0 Å². The predicted molar refractivity (Wildman–Crippen MR) is 121 cm³/mol. The maximum Gasteiger partial charge on any atom is 0.191 e. The van der Waals surface area contributed by atoms with E-state index in [0.717, 1.165) is 54.8 Å². The van der Waals surface area contributed by atoms with Crippen molar-refractivity contribution in [2.24, 2.45) is 4.99 Å². The topological polar surface area (TPSA) is 67.4 Å². The molecule has 1 aliphatic heterocycles. The van der Waals surface area contributed by atoms with Gasteiger partial charge in [-0.25, -0.2) is 4.99 Å². The Hall–Kier alpha value is -3.09. The molecule has 0 saturated carbocycles. The summed E-state index contributed by atoms with van der Waals surface area (Å²) in [5, 5.41) is 6.92. The van der Waals surface area contributed by atoms with E-state index in [1.165, 1.54) is 0 Å². The van der Waals surface area contributed by atoms with Crippen molar-refractivity contribution in [3.63, 3.8) is 0 Å². The summed E-state index contributed by atoms with van der Waals surface area (Å²) in [5.41, 5.74) is 2.20. The van der Waals surface area contributed by atoms with Gasteiger partial charge in [-0.2, -0.15) is 0 Å². The standard InChI is InChI=1S/C23H32N4O3/c1-5-24-23(25-15-17-10-11-21(29-3)22(14-17)30-4)26-18-12-13-27(16-18)19-8-6-7-9-20(19)28-2/h6-11,14,18H,5,12-13,15-16H2,1-4H3,(H2,24,25,26). The van der Waals surface area contributed by atoms with Gasteiger partial charge in [0.1, 0.15) is 5.75 Å². The van der Waals surface area contributed by atoms with Crippen molar-refractivity contribution < 1.29 is 14.2 Å². The van der Waals surface area contributed by atoms with E-state index in [-0.39, 0.29) is 0 Å².